The third kappa shape index (κ3) is 3.17. The number of benzene rings is 1. The number of hydrogen-bond acceptors (Lipinski definition) is 5. The summed E-state index contributed by atoms with van der Waals surface area (Å²) in [6.45, 7) is 0. The van der Waals surface area contributed by atoms with Gasteiger partial charge in [0, 0.05) is 35.7 Å². The molecular weight excluding hydrogens is 348 g/mol. The number of anilines is 1. The number of pyridine rings is 3. The summed E-state index contributed by atoms with van der Waals surface area (Å²) in [5, 5.41) is 15.6. The summed E-state index contributed by atoms with van der Waals surface area (Å²) in [5.41, 5.74) is 2.22. The first-order chi connectivity index (χ1) is 12.7. The van der Waals surface area contributed by atoms with Gasteiger partial charge >= 0.3 is 0 Å². The van der Waals surface area contributed by atoms with Gasteiger partial charge in [-0.2, -0.15) is 0 Å². The van der Waals surface area contributed by atoms with Gasteiger partial charge in [-0.15, -0.1) is 0 Å². The lowest BCUT2D eigenvalue weighted by atomic mass is 9.97. The van der Waals surface area contributed by atoms with Crippen molar-refractivity contribution in [2.45, 2.75) is 6.04 Å². The Bertz CT molecular complexity index is 1040. The molecular formula is C20H15ClN4O. The molecule has 0 aliphatic rings. The third-order valence-electron chi connectivity index (χ3n) is 4.15. The van der Waals surface area contributed by atoms with Crippen molar-refractivity contribution in [3.8, 4) is 5.75 Å². The van der Waals surface area contributed by atoms with Crippen LogP contribution in [0.1, 0.15) is 17.2 Å². The van der Waals surface area contributed by atoms with E-state index in [0.717, 1.165) is 10.9 Å². The molecule has 0 spiro atoms. The molecule has 0 fully saturated rings. The fourth-order valence-electron chi connectivity index (χ4n) is 2.88. The second-order valence-electron chi connectivity index (χ2n) is 5.80. The smallest absolute Gasteiger partial charge is 0.147 e. The molecule has 4 rings (SSSR count). The van der Waals surface area contributed by atoms with Gasteiger partial charge in [0.25, 0.3) is 0 Å². The number of aromatic hydroxyl groups is 1. The van der Waals surface area contributed by atoms with Crippen LogP contribution in [0.5, 0.6) is 5.75 Å². The van der Waals surface area contributed by atoms with Gasteiger partial charge in [-0.1, -0.05) is 29.8 Å². The largest absolute Gasteiger partial charge is 0.505 e. The summed E-state index contributed by atoms with van der Waals surface area (Å²) in [4.78, 5) is 12.7. The summed E-state index contributed by atoms with van der Waals surface area (Å²) in [5.74, 6) is 0.795. The van der Waals surface area contributed by atoms with Crippen molar-refractivity contribution < 1.29 is 5.11 Å². The number of rotatable bonds is 4. The molecule has 5 nitrogen and oxygen atoms in total. The normalized spacial score (nSPS) is 12.0. The van der Waals surface area contributed by atoms with E-state index in [0.29, 0.717) is 21.9 Å². The van der Waals surface area contributed by atoms with E-state index >= 15 is 0 Å². The van der Waals surface area contributed by atoms with Gasteiger partial charge in [0.05, 0.1) is 11.1 Å². The second-order valence-corrected chi connectivity index (χ2v) is 6.23. The molecule has 2 N–H and O–H groups in total. The van der Waals surface area contributed by atoms with Gasteiger partial charge in [0.2, 0.25) is 0 Å². The Labute approximate surface area is 155 Å². The van der Waals surface area contributed by atoms with Gasteiger partial charge in [-0.25, -0.2) is 4.98 Å². The van der Waals surface area contributed by atoms with Crippen LogP contribution in [0, 0.1) is 0 Å². The van der Waals surface area contributed by atoms with E-state index < -0.39 is 0 Å². The molecule has 6 heteroatoms. The maximum absolute atomic E-state index is 10.8. The Hall–Kier alpha value is -3.18. The topological polar surface area (TPSA) is 70.9 Å². The molecule has 128 valence electrons. The lowest BCUT2D eigenvalue weighted by Gasteiger charge is -2.21. The lowest BCUT2D eigenvalue weighted by molar-refractivity contribution is 0.471. The van der Waals surface area contributed by atoms with Crippen molar-refractivity contribution >= 4 is 28.3 Å². The monoisotopic (exact) mass is 362 g/mol. The molecule has 1 aromatic carbocycles. The summed E-state index contributed by atoms with van der Waals surface area (Å²) >= 11 is 5.93. The van der Waals surface area contributed by atoms with Gasteiger partial charge in [0.15, 0.2) is 0 Å². The average Bonchev–Trinajstić information content (AvgIpc) is 2.69. The molecule has 3 heterocycles. The summed E-state index contributed by atoms with van der Waals surface area (Å²) in [6, 6.07) is 14.6. The maximum atomic E-state index is 10.8. The molecule has 0 aliphatic carbocycles. The van der Waals surface area contributed by atoms with E-state index in [1.54, 1.807) is 36.9 Å². The highest BCUT2D eigenvalue weighted by Gasteiger charge is 2.20. The van der Waals surface area contributed by atoms with Crippen LogP contribution >= 0.6 is 11.6 Å². The minimum absolute atomic E-state index is 0.145. The van der Waals surface area contributed by atoms with Crippen molar-refractivity contribution in [3.63, 3.8) is 0 Å². The maximum Gasteiger partial charge on any atom is 0.147 e. The predicted molar refractivity (Wildman–Crippen MR) is 102 cm³/mol. The number of aromatic nitrogens is 3. The first-order valence-corrected chi connectivity index (χ1v) is 8.45. The number of nitrogens with one attached hydrogen (secondary N) is 1. The molecule has 0 aliphatic heterocycles. The Kier molecular flexibility index (Phi) is 4.37. The number of halogens is 1. The van der Waals surface area contributed by atoms with E-state index in [9.17, 15) is 5.11 Å². The van der Waals surface area contributed by atoms with Crippen LogP contribution in [0.15, 0.2) is 73.3 Å². The van der Waals surface area contributed by atoms with Crippen molar-refractivity contribution in [2.24, 2.45) is 0 Å². The molecule has 0 saturated heterocycles. The number of hydrogen-bond donors (Lipinski definition) is 2. The Balaban J connectivity index is 1.83. The second kappa shape index (κ2) is 6.98. The van der Waals surface area contributed by atoms with Crippen molar-refractivity contribution in [1.82, 2.24) is 15.0 Å². The van der Waals surface area contributed by atoms with Crippen molar-refractivity contribution in [3.05, 3.63) is 89.5 Å². The third-order valence-corrected chi connectivity index (χ3v) is 4.37. The Morgan fingerprint density at radius 2 is 1.77 bits per heavy atom. The van der Waals surface area contributed by atoms with Crippen LogP contribution in [0.25, 0.3) is 10.9 Å². The highest BCUT2D eigenvalue weighted by atomic mass is 35.5. The zero-order chi connectivity index (χ0) is 17.9. The number of fused-ring (bicyclic) bond motifs is 1. The Morgan fingerprint density at radius 1 is 0.923 bits per heavy atom. The lowest BCUT2D eigenvalue weighted by Crippen LogP contribution is -2.13. The SMILES string of the molecule is Oc1c(C(Nc2ccc(Cl)cn2)c2ccncc2)ccc2cccnc12. The van der Waals surface area contributed by atoms with Gasteiger partial charge in [-0.3, -0.25) is 9.97 Å². The molecule has 1 atom stereocenters. The standard InChI is InChI=1S/C20H15ClN4O/c21-15-4-6-17(24-12-15)25-18(14-7-10-22-11-8-14)16-5-3-13-2-1-9-23-19(13)20(16)26/h1-12,18,26H,(H,24,25). The highest BCUT2D eigenvalue weighted by Crippen LogP contribution is 2.36. The highest BCUT2D eigenvalue weighted by molar-refractivity contribution is 6.30. The van der Waals surface area contributed by atoms with E-state index in [-0.39, 0.29) is 11.8 Å². The summed E-state index contributed by atoms with van der Waals surface area (Å²) in [7, 11) is 0. The van der Waals surface area contributed by atoms with Crippen LogP contribution in [0.2, 0.25) is 5.02 Å². The van der Waals surface area contributed by atoms with E-state index in [1.807, 2.05) is 36.4 Å². The fraction of sp³-hybridized carbons (Fsp3) is 0.0500. The molecule has 26 heavy (non-hydrogen) atoms. The number of phenolic OH excluding ortho intramolecular Hbond substituents is 1. The van der Waals surface area contributed by atoms with E-state index in [2.05, 4.69) is 20.3 Å². The average molecular weight is 363 g/mol. The summed E-state index contributed by atoms with van der Waals surface area (Å²) in [6.07, 6.45) is 6.68. The zero-order valence-electron chi connectivity index (χ0n) is 13.7. The van der Waals surface area contributed by atoms with Crippen molar-refractivity contribution in [2.75, 3.05) is 5.32 Å². The quantitative estimate of drug-likeness (QED) is 0.555. The van der Waals surface area contributed by atoms with Crippen LogP contribution in [0.3, 0.4) is 0 Å². The molecule has 1 unspecified atom stereocenters. The molecule has 0 bridgehead atoms. The predicted octanol–water partition coefficient (Wildman–Crippen LogP) is 4.59. The van der Waals surface area contributed by atoms with Gasteiger partial charge in [-0.05, 0) is 35.9 Å². The van der Waals surface area contributed by atoms with Gasteiger partial charge in [0.1, 0.15) is 17.1 Å². The first kappa shape index (κ1) is 16.3. The van der Waals surface area contributed by atoms with Crippen LogP contribution < -0.4 is 5.32 Å². The van der Waals surface area contributed by atoms with Crippen LogP contribution in [-0.4, -0.2) is 20.1 Å². The molecule has 0 radical (unpaired) electrons. The van der Waals surface area contributed by atoms with Crippen LogP contribution in [0.4, 0.5) is 5.82 Å². The molecule has 3 aromatic heterocycles. The first-order valence-electron chi connectivity index (χ1n) is 8.07. The van der Waals surface area contributed by atoms with E-state index in [1.165, 1.54) is 0 Å². The fourth-order valence-corrected chi connectivity index (χ4v) is 3.00. The molecule has 4 aromatic rings. The van der Waals surface area contributed by atoms with Gasteiger partial charge < -0.3 is 10.4 Å². The van der Waals surface area contributed by atoms with Crippen LogP contribution in [-0.2, 0) is 0 Å². The minimum atomic E-state index is -0.321. The van der Waals surface area contributed by atoms with Crippen molar-refractivity contribution in [1.29, 1.82) is 0 Å². The zero-order valence-corrected chi connectivity index (χ0v) is 14.4. The number of nitrogens with zero attached hydrogens (tertiary/aromatic N) is 3. The van der Waals surface area contributed by atoms with E-state index in [4.69, 9.17) is 11.6 Å². The molecule has 0 saturated carbocycles. The molecule has 0 amide bonds. The summed E-state index contributed by atoms with van der Waals surface area (Å²) < 4.78 is 0. The Morgan fingerprint density at radius 3 is 2.54 bits per heavy atom. The number of phenols is 1. The minimum Gasteiger partial charge on any atom is -0.505 e.